The smallest absolute Gasteiger partial charge is 0.325 e. The number of carbonyl (C=O) groups is 1. The highest BCUT2D eigenvalue weighted by Crippen LogP contribution is 2.31. The zero-order valence-corrected chi connectivity index (χ0v) is 13.8. The minimum absolute atomic E-state index is 0.0813. The van der Waals surface area contributed by atoms with E-state index in [1.165, 1.54) is 13.0 Å². The highest BCUT2D eigenvalue weighted by Gasteiger charge is 2.33. The molecule has 1 amide bonds. The lowest BCUT2D eigenvalue weighted by atomic mass is 10.2. The van der Waals surface area contributed by atoms with E-state index in [9.17, 15) is 31.1 Å². The molecule has 0 saturated carbocycles. The predicted octanol–water partition coefficient (Wildman–Crippen LogP) is 4.63. The molecule has 0 bridgehead atoms. The van der Waals surface area contributed by atoms with Crippen molar-refractivity contribution in [2.45, 2.75) is 29.7 Å². The summed E-state index contributed by atoms with van der Waals surface area (Å²) in [4.78, 5) is 19.0. The molecule has 0 aliphatic rings. The third-order valence-corrected chi connectivity index (χ3v) is 4.01. The number of hydrogen-bond acceptors (Lipinski definition) is 4. The minimum Gasteiger partial charge on any atom is -0.325 e. The maximum Gasteiger partial charge on any atom is 0.433 e. The number of nitrogens with zero attached hydrogens (tertiary/aromatic N) is 2. The molecule has 0 saturated heterocycles. The van der Waals surface area contributed by atoms with E-state index in [1.54, 1.807) is 0 Å². The lowest BCUT2D eigenvalue weighted by Crippen LogP contribution is -2.23. The van der Waals surface area contributed by atoms with Crippen molar-refractivity contribution in [3.05, 3.63) is 47.8 Å². The van der Waals surface area contributed by atoms with Gasteiger partial charge >= 0.3 is 12.4 Å². The van der Waals surface area contributed by atoms with Gasteiger partial charge in [0.2, 0.25) is 5.91 Å². The molecule has 0 radical (unpaired) electrons. The second-order valence-corrected chi connectivity index (χ2v) is 6.36. The van der Waals surface area contributed by atoms with Crippen molar-refractivity contribution in [3.8, 4) is 0 Å². The normalized spacial score (nSPS) is 13.3. The van der Waals surface area contributed by atoms with Crippen LogP contribution in [0.2, 0.25) is 0 Å². The van der Waals surface area contributed by atoms with E-state index in [4.69, 9.17) is 0 Å². The number of thioether (sulfide) groups is 1. The summed E-state index contributed by atoms with van der Waals surface area (Å²) >= 11 is 0.654. The molecule has 26 heavy (non-hydrogen) atoms. The van der Waals surface area contributed by atoms with E-state index in [0.29, 0.717) is 17.8 Å². The number of benzene rings is 1. The second kappa shape index (κ2) is 7.52. The van der Waals surface area contributed by atoms with Gasteiger partial charge in [0.1, 0.15) is 5.69 Å². The Kier molecular flexibility index (Phi) is 5.79. The first-order valence-electron chi connectivity index (χ1n) is 7.02. The van der Waals surface area contributed by atoms with Crippen LogP contribution in [0.1, 0.15) is 18.2 Å². The van der Waals surface area contributed by atoms with Crippen molar-refractivity contribution in [3.63, 3.8) is 0 Å². The molecule has 140 valence electrons. The summed E-state index contributed by atoms with van der Waals surface area (Å²) in [7, 11) is 0. The zero-order valence-electron chi connectivity index (χ0n) is 13.0. The van der Waals surface area contributed by atoms with Crippen molar-refractivity contribution in [1.29, 1.82) is 0 Å². The van der Waals surface area contributed by atoms with E-state index < -0.39 is 34.8 Å². The molecule has 11 heteroatoms. The molecule has 2 rings (SSSR count). The standard InChI is InChI=1S/C15H11F6N3OS/c1-8(26-13-22-6-5-11(24-13)15(19,20)21)12(25)23-10-4-2-3-9(7-10)14(16,17)18/h2-8H,1H3,(H,23,25). The molecule has 1 aromatic carbocycles. The van der Waals surface area contributed by atoms with Gasteiger partial charge in [-0.25, -0.2) is 9.97 Å². The summed E-state index contributed by atoms with van der Waals surface area (Å²) in [6, 6.07) is 4.70. The number of anilines is 1. The summed E-state index contributed by atoms with van der Waals surface area (Å²) in [5.41, 5.74) is -2.17. The lowest BCUT2D eigenvalue weighted by Gasteiger charge is -2.13. The molecular formula is C15H11F6N3OS. The topological polar surface area (TPSA) is 54.9 Å². The second-order valence-electron chi connectivity index (χ2n) is 5.05. The fraction of sp³-hybridized carbons (Fsp3) is 0.267. The molecule has 1 unspecified atom stereocenters. The maximum absolute atomic E-state index is 12.7. The Bertz CT molecular complexity index is 793. The maximum atomic E-state index is 12.7. The molecule has 1 heterocycles. The number of amides is 1. The van der Waals surface area contributed by atoms with Gasteiger partial charge in [-0.2, -0.15) is 26.3 Å². The molecule has 1 N–H and O–H groups in total. The van der Waals surface area contributed by atoms with Crippen LogP contribution >= 0.6 is 11.8 Å². The molecule has 1 aromatic heterocycles. The van der Waals surface area contributed by atoms with Crippen molar-refractivity contribution >= 4 is 23.4 Å². The van der Waals surface area contributed by atoms with E-state index in [0.717, 1.165) is 24.4 Å². The fourth-order valence-corrected chi connectivity index (χ4v) is 2.54. The molecule has 0 aliphatic carbocycles. The van der Waals surface area contributed by atoms with Crippen LogP contribution in [0.15, 0.2) is 41.7 Å². The van der Waals surface area contributed by atoms with Crippen LogP contribution in [0.5, 0.6) is 0 Å². The summed E-state index contributed by atoms with van der Waals surface area (Å²) in [5, 5.41) is 1.07. The number of nitrogens with one attached hydrogen (secondary N) is 1. The number of alkyl halides is 6. The highest BCUT2D eigenvalue weighted by atomic mass is 32.2. The van der Waals surface area contributed by atoms with Gasteiger partial charge in [0, 0.05) is 11.9 Å². The van der Waals surface area contributed by atoms with Crippen LogP contribution < -0.4 is 5.32 Å². The number of halogens is 6. The van der Waals surface area contributed by atoms with E-state index in [2.05, 4.69) is 15.3 Å². The van der Waals surface area contributed by atoms with Gasteiger partial charge in [-0.05, 0) is 31.2 Å². The number of rotatable bonds is 4. The molecule has 1 atom stereocenters. The number of aromatic nitrogens is 2. The van der Waals surface area contributed by atoms with Crippen LogP contribution in [-0.4, -0.2) is 21.1 Å². The number of hydrogen-bond donors (Lipinski definition) is 1. The Labute approximate surface area is 148 Å². The monoisotopic (exact) mass is 395 g/mol. The van der Waals surface area contributed by atoms with Gasteiger partial charge in [0.05, 0.1) is 10.8 Å². The fourth-order valence-electron chi connectivity index (χ4n) is 1.78. The predicted molar refractivity (Wildman–Crippen MR) is 82.4 cm³/mol. The van der Waals surface area contributed by atoms with Crippen LogP contribution in [-0.2, 0) is 17.1 Å². The quantitative estimate of drug-likeness (QED) is 0.466. The first-order valence-corrected chi connectivity index (χ1v) is 7.90. The Morgan fingerprint density at radius 1 is 1.12 bits per heavy atom. The van der Waals surface area contributed by atoms with Gasteiger partial charge in [0.25, 0.3) is 0 Å². The van der Waals surface area contributed by atoms with Crippen molar-refractivity contribution in [2.75, 3.05) is 5.32 Å². The average molecular weight is 395 g/mol. The van der Waals surface area contributed by atoms with Crippen LogP contribution in [0.3, 0.4) is 0 Å². The van der Waals surface area contributed by atoms with E-state index in [-0.39, 0.29) is 10.8 Å². The Balaban J connectivity index is 2.07. The lowest BCUT2D eigenvalue weighted by molar-refractivity contribution is -0.141. The minimum atomic E-state index is -4.65. The third kappa shape index (κ3) is 5.35. The van der Waals surface area contributed by atoms with Crippen LogP contribution in [0.25, 0.3) is 0 Å². The molecular weight excluding hydrogens is 384 g/mol. The van der Waals surface area contributed by atoms with Gasteiger partial charge < -0.3 is 5.32 Å². The molecule has 4 nitrogen and oxygen atoms in total. The molecule has 0 aliphatic heterocycles. The van der Waals surface area contributed by atoms with Gasteiger partial charge in [0.15, 0.2) is 5.16 Å². The van der Waals surface area contributed by atoms with E-state index >= 15 is 0 Å². The SMILES string of the molecule is CC(Sc1nccc(C(F)(F)F)n1)C(=O)Nc1cccc(C(F)(F)F)c1. The largest absolute Gasteiger partial charge is 0.433 e. The zero-order chi connectivity index (χ0) is 19.5. The first kappa shape index (κ1) is 20.0. The molecule has 0 spiro atoms. The summed E-state index contributed by atoms with van der Waals surface area (Å²) < 4.78 is 75.8. The Hall–Kier alpha value is -2.30. The Morgan fingerprint density at radius 2 is 1.81 bits per heavy atom. The Morgan fingerprint density at radius 3 is 2.42 bits per heavy atom. The van der Waals surface area contributed by atoms with Crippen LogP contribution in [0, 0.1) is 0 Å². The van der Waals surface area contributed by atoms with Crippen molar-refractivity contribution in [2.24, 2.45) is 0 Å². The summed E-state index contributed by atoms with van der Waals surface area (Å²) in [5.74, 6) is -0.699. The van der Waals surface area contributed by atoms with Gasteiger partial charge in [-0.15, -0.1) is 0 Å². The van der Waals surface area contributed by atoms with Gasteiger partial charge in [-0.3, -0.25) is 4.79 Å². The summed E-state index contributed by atoms with van der Waals surface area (Å²) in [6.07, 6.45) is -8.30. The number of carbonyl (C=O) groups excluding carboxylic acids is 1. The van der Waals surface area contributed by atoms with Crippen LogP contribution in [0.4, 0.5) is 32.0 Å². The van der Waals surface area contributed by atoms with Gasteiger partial charge in [-0.1, -0.05) is 17.8 Å². The third-order valence-electron chi connectivity index (χ3n) is 3.03. The molecule has 2 aromatic rings. The van der Waals surface area contributed by atoms with Crippen molar-refractivity contribution in [1.82, 2.24) is 9.97 Å². The molecule has 0 fully saturated rings. The average Bonchev–Trinajstić information content (AvgIpc) is 2.53. The van der Waals surface area contributed by atoms with E-state index in [1.807, 2.05) is 0 Å². The summed E-state index contributed by atoms with van der Waals surface area (Å²) in [6.45, 7) is 1.37. The van der Waals surface area contributed by atoms with Crippen molar-refractivity contribution < 1.29 is 31.1 Å². The highest BCUT2D eigenvalue weighted by molar-refractivity contribution is 8.00. The first-order chi connectivity index (χ1) is 12.0.